The zero-order chi connectivity index (χ0) is 26.3. The Labute approximate surface area is 222 Å². The second-order valence-corrected chi connectivity index (χ2v) is 10.8. The predicted octanol–water partition coefficient (Wildman–Crippen LogP) is 8.11. The van der Waals surface area contributed by atoms with Crippen LogP contribution in [-0.4, -0.2) is 16.0 Å². The van der Waals surface area contributed by atoms with Gasteiger partial charge in [0, 0.05) is 28.7 Å². The molecule has 0 bridgehead atoms. The number of aromatic hydroxyl groups is 1. The minimum absolute atomic E-state index is 0.0676. The normalized spacial score (nSPS) is 22.0. The van der Waals surface area contributed by atoms with E-state index in [9.17, 15) is 15.0 Å². The van der Waals surface area contributed by atoms with Gasteiger partial charge in [-0.15, -0.1) is 0 Å². The van der Waals surface area contributed by atoms with Crippen molar-refractivity contribution in [1.82, 2.24) is 0 Å². The lowest BCUT2D eigenvalue weighted by atomic mass is 9.76. The zero-order valence-corrected chi connectivity index (χ0v) is 22.6. The second-order valence-electron chi connectivity index (χ2n) is 10.8. The van der Waals surface area contributed by atoms with E-state index in [2.05, 4.69) is 13.8 Å². The van der Waals surface area contributed by atoms with Crippen LogP contribution >= 0.6 is 0 Å². The summed E-state index contributed by atoms with van der Waals surface area (Å²) in [4.78, 5) is 13.3. The molecule has 0 radical (unpaired) electrons. The first-order chi connectivity index (χ1) is 18.0. The zero-order valence-electron chi connectivity index (χ0n) is 22.6. The maximum Gasteiger partial charge on any atom is 0.243 e. The van der Waals surface area contributed by atoms with Gasteiger partial charge in [-0.05, 0) is 25.0 Å². The Morgan fingerprint density at radius 3 is 2.35 bits per heavy atom. The Morgan fingerprint density at radius 1 is 0.919 bits per heavy atom. The van der Waals surface area contributed by atoms with Crippen LogP contribution in [0.4, 0.5) is 0 Å². The number of aliphatic hydroxyl groups excluding tert-OH is 1. The van der Waals surface area contributed by atoms with Crippen LogP contribution in [0.25, 0.3) is 0 Å². The van der Waals surface area contributed by atoms with Crippen molar-refractivity contribution in [1.29, 1.82) is 0 Å². The van der Waals surface area contributed by atoms with Gasteiger partial charge in [-0.3, -0.25) is 4.79 Å². The number of unbranched alkanes of at least 4 members (excludes halogenated alkanes) is 9. The number of phenolic OH excluding ortho intramolecular Hbond substituents is 1. The summed E-state index contributed by atoms with van der Waals surface area (Å²) < 4.78 is 13.0. The molecule has 0 fully saturated rings. The van der Waals surface area contributed by atoms with Gasteiger partial charge in [0.25, 0.3) is 0 Å². The number of Topliss-reactive ketones (excluding diaryl/α,β-unsaturated/α-hetero) is 1. The van der Waals surface area contributed by atoms with Gasteiger partial charge >= 0.3 is 0 Å². The highest BCUT2D eigenvalue weighted by Crippen LogP contribution is 2.56. The molecule has 2 aliphatic rings. The summed E-state index contributed by atoms with van der Waals surface area (Å²) in [7, 11) is 0. The Hall–Kier alpha value is -2.37. The van der Waals surface area contributed by atoms with Crippen LogP contribution in [0.1, 0.15) is 130 Å². The molecule has 2 N–H and O–H groups in total. The van der Waals surface area contributed by atoms with E-state index in [0.29, 0.717) is 35.3 Å². The third kappa shape index (κ3) is 5.88. The fraction of sp³-hybridized carbons (Fsp3) is 0.594. The highest BCUT2D eigenvalue weighted by atomic mass is 16.7. The first-order valence-corrected chi connectivity index (χ1v) is 14.5. The molecule has 0 saturated heterocycles. The monoisotopic (exact) mass is 508 g/mol. The van der Waals surface area contributed by atoms with Crippen LogP contribution < -0.4 is 4.74 Å². The minimum Gasteiger partial charge on any atom is -0.508 e. The van der Waals surface area contributed by atoms with Gasteiger partial charge in [-0.25, -0.2) is 0 Å². The molecule has 3 atom stereocenters. The summed E-state index contributed by atoms with van der Waals surface area (Å²) in [5, 5.41) is 22.4. The lowest BCUT2D eigenvalue weighted by molar-refractivity contribution is -0.251. The van der Waals surface area contributed by atoms with Crippen LogP contribution in [0.3, 0.4) is 0 Å². The van der Waals surface area contributed by atoms with Crippen molar-refractivity contribution in [2.45, 2.75) is 116 Å². The standard InChI is InChI=1S/C32H44O5/c1-3-5-7-9-11-13-19-27(33)23-16-14-21-29-30(23)31(35)26(17-12-10-8-6-4-2)32(37-29)25-18-15-20-28(34)24(25)22-36-32/h14-16,18,20-21,26,31,34-35H,3-13,17,19,22H2,1-2H3/t26-,31+,32+/m1/s1. The first-order valence-electron chi connectivity index (χ1n) is 14.5. The summed E-state index contributed by atoms with van der Waals surface area (Å²) in [5.74, 6) is -0.806. The van der Waals surface area contributed by atoms with Gasteiger partial charge in [-0.1, -0.05) is 102 Å². The topological polar surface area (TPSA) is 76.0 Å². The average molecular weight is 509 g/mol. The Bertz CT molecular complexity index is 1050. The predicted molar refractivity (Wildman–Crippen MR) is 146 cm³/mol. The fourth-order valence-electron chi connectivity index (χ4n) is 6.05. The third-order valence-electron chi connectivity index (χ3n) is 8.13. The van der Waals surface area contributed by atoms with Gasteiger partial charge in [0.05, 0.1) is 18.6 Å². The number of phenols is 1. The number of aliphatic hydroxyl groups is 1. The van der Waals surface area contributed by atoms with Gasteiger partial charge in [0.2, 0.25) is 5.79 Å². The third-order valence-corrected chi connectivity index (χ3v) is 8.13. The van der Waals surface area contributed by atoms with Crippen molar-refractivity contribution in [3.8, 4) is 11.5 Å². The first kappa shape index (κ1) is 27.7. The van der Waals surface area contributed by atoms with E-state index in [-0.39, 0.29) is 24.1 Å². The molecule has 2 aromatic rings. The molecule has 2 aromatic carbocycles. The molecular formula is C32H44O5. The highest BCUT2D eigenvalue weighted by molar-refractivity contribution is 5.98. The molecule has 0 saturated carbocycles. The molecule has 4 rings (SSSR count). The number of hydrogen-bond acceptors (Lipinski definition) is 5. The number of rotatable bonds is 14. The van der Waals surface area contributed by atoms with Crippen LogP contribution in [0.15, 0.2) is 36.4 Å². The van der Waals surface area contributed by atoms with Crippen molar-refractivity contribution in [2.75, 3.05) is 0 Å². The number of ether oxygens (including phenoxy) is 2. The Morgan fingerprint density at radius 2 is 1.59 bits per heavy atom. The average Bonchev–Trinajstić information content (AvgIpc) is 3.26. The molecule has 0 aliphatic carbocycles. The van der Waals surface area contributed by atoms with Crippen LogP contribution in [0.5, 0.6) is 11.5 Å². The van der Waals surface area contributed by atoms with E-state index in [0.717, 1.165) is 44.1 Å². The van der Waals surface area contributed by atoms with Crippen molar-refractivity contribution in [3.63, 3.8) is 0 Å². The van der Waals surface area contributed by atoms with Gasteiger partial charge in [0.15, 0.2) is 5.78 Å². The van der Waals surface area contributed by atoms with Crippen LogP contribution in [0, 0.1) is 5.92 Å². The molecule has 37 heavy (non-hydrogen) atoms. The summed E-state index contributed by atoms with van der Waals surface area (Å²) >= 11 is 0. The molecule has 5 heteroatoms. The van der Waals surface area contributed by atoms with E-state index < -0.39 is 11.9 Å². The summed E-state index contributed by atoms with van der Waals surface area (Å²) in [6, 6.07) is 10.9. The lowest BCUT2D eigenvalue weighted by Gasteiger charge is -2.45. The van der Waals surface area contributed by atoms with Gasteiger partial charge < -0.3 is 19.7 Å². The van der Waals surface area contributed by atoms with Crippen molar-refractivity contribution >= 4 is 5.78 Å². The smallest absolute Gasteiger partial charge is 0.243 e. The Kier molecular flexibility index (Phi) is 9.66. The number of fused-ring (bicyclic) bond motifs is 3. The molecule has 1 spiro atoms. The van der Waals surface area contributed by atoms with Crippen molar-refractivity contribution in [3.05, 3.63) is 58.7 Å². The van der Waals surface area contributed by atoms with E-state index in [1.807, 2.05) is 24.3 Å². The largest absolute Gasteiger partial charge is 0.508 e. The number of ketones is 1. The summed E-state index contributed by atoms with van der Waals surface area (Å²) in [6.07, 6.45) is 12.6. The molecular weight excluding hydrogens is 464 g/mol. The molecule has 0 unspecified atom stereocenters. The Balaban J connectivity index is 1.60. The lowest BCUT2D eigenvalue weighted by Crippen LogP contribution is -2.47. The van der Waals surface area contributed by atoms with Crippen molar-refractivity contribution in [2.24, 2.45) is 5.92 Å². The SMILES string of the molecule is CCCCCCCCC(=O)c1cccc2c1[C@@H](O)[C@@H](CCCCCCC)[C@@]1(OCc3c(O)cccc31)O2. The molecule has 2 heterocycles. The number of carbonyl (C=O) groups excluding carboxylic acids is 1. The van der Waals surface area contributed by atoms with E-state index in [4.69, 9.17) is 9.47 Å². The molecule has 5 nitrogen and oxygen atoms in total. The maximum atomic E-state index is 13.3. The highest BCUT2D eigenvalue weighted by Gasteiger charge is 2.56. The second kappa shape index (κ2) is 12.9. The molecule has 202 valence electrons. The number of hydrogen-bond donors (Lipinski definition) is 2. The molecule has 2 aliphatic heterocycles. The van der Waals surface area contributed by atoms with Gasteiger partial charge in [-0.2, -0.15) is 0 Å². The maximum absolute atomic E-state index is 13.3. The van der Waals surface area contributed by atoms with Crippen molar-refractivity contribution < 1.29 is 24.5 Å². The number of benzene rings is 2. The minimum atomic E-state index is -1.17. The van der Waals surface area contributed by atoms with Crippen LogP contribution in [0.2, 0.25) is 0 Å². The van der Waals surface area contributed by atoms with E-state index in [1.54, 1.807) is 12.1 Å². The quantitative estimate of drug-likeness (QED) is 0.199. The summed E-state index contributed by atoms with van der Waals surface area (Å²) in [5.41, 5.74) is 2.65. The molecule has 0 amide bonds. The van der Waals surface area contributed by atoms with Gasteiger partial charge in [0.1, 0.15) is 11.5 Å². The summed E-state index contributed by atoms with van der Waals surface area (Å²) in [6.45, 7) is 4.63. The van der Waals surface area contributed by atoms with E-state index in [1.165, 1.54) is 32.1 Å². The van der Waals surface area contributed by atoms with E-state index >= 15 is 0 Å². The number of carbonyl (C=O) groups is 1. The molecule has 0 aromatic heterocycles. The fourth-order valence-corrected chi connectivity index (χ4v) is 6.05. The van der Waals surface area contributed by atoms with Crippen LogP contribution in [-0.2, 0) is 17.1 Å².